The second-order valence-electron chi connectivity index (χ2n) is 8.07. The molecule has 0 saturated carbocycles. The van der Waals surface area contributed by atoms with E-state index in [1.165, 1.54) is 12.1 Å². The molecule has 1 aliphatic heterocycles. The number of nitro benzene ring substituents is 1. The SMILES string of the molecule is C=CCCC(O)CN1CCN(c2nc(C)nc(C)c2Cc2ccc([N+](=O)[O-])cc2)CC1. The lowest BCUT2D eigenvalue weighted by atomic mass is 10.0. The molecular formula is C23H31N5O3. The molecule has 8 heteroatoms. The second-order valence-corrected chi connectivity index (χ2v) is 8.07. The van der Waals surface area contributed by atoms with Crippen LogP contribution < -0.4 is 4.90 Å². The third kappa shape index (κ3) is 6.08. The molecule has 0 radical (unpaired) electrons. The lowest BCUT2D eigenvalue weighted by molar-refractivity contribution is -0.384. The highest BCUT2D eigenvalue weighted by atomic mass is 16.6. The van der Waals surface area contributed by atoms with E-state index in [4.69, 9.17) is 4.98 Å². The number of aliphatic hydroxyl groups is 1. The van der Waals surface area contributed by atoms with Crippen molar-refractivity contribution in [3.63, 3.8) is 0 Å². The smallest absolute Gasteiger partial charge is 0.269 e. The fourth-order valence-electron chi connectivity index (χ4n) is 3.97. The molecule has 1 unspecified atom stereocenters. The first kappa shape index (κ1) is 22.8. The van der Waals surface area contributed by atoms with Gasteiger partial charge in [-0.15, -0.1) is 6.58 Å². The van der Waals surface area contributed by atoms with Gasteiger partial charge in [-0.25, -0.2) is 9.97 Å². The van der Waals surface area contributed by atoms with Gasteiger partial charge in [0.1, 0.15) is 11.6 Å². The van der Waals surface area contributed by atoms with Gasteiger partial charge in [0.05, 0.1) is 11.0 Å². The van der Waals surface area contributed by atoms with Gasteiger partial charge in [-0.2, -0.15) is 0 Å². The number of aromatic nitrogens is 2. The Hall–Kier alpha value is -2.84. The van der Waals surface area contributed by atoms with Crippen molar-refractivity contribution in [2.24, 2.45) is 0 Å². The standard InChI is InChI=1S/C23H31N5O3/c1-4-5-6-21(29)16-26-11-13-27(14-12-26)23-22(17(2)24-18(3)25-23)15-19-7-9-20(10-8-19)28(30)31/h4,7-10,21,29H,1,5-6,11-16H2,2-3H3. The summed E-state index contributed by atoms with van der Waals surface area (Å²) >= 11 is 0. The molecule has 1 atom stereocenters. The molecule has 1 aromatic heterocycles. The molecule has 1 N–H and O–H groups in total. The predicted octanol–water partition coefficient (Wildman–Crippen LogP) is 3.04. The van der Waals surface area contributed by atoms with Gasteiger partial charge in [-0.05, 0) is 32.3 Å². The molecule has 0 bridgehead atoms. The first-order chi connectivity index (χ1) is 14.9. The zero-order chi connectivity index (χ0) is 22.4. The highest BCUT2D eigenvalue weighted by Crippen LogP contribution is 2.26. The number of anilines is 1. The van der Waals surface area contributed by atoms with Gasteiger partial charge < -0.3 is 10.0 Å². The number of β-amino-alcohol motifs (C(OH)–C–C–N with tert-alkyl or cyclic N) is 1. The molecule has 8 nitrogen and oxygen atoms in total. The van der Waals surface area contributed by atoms with Crippen molar-refractivity contribution >= 4 is 11.5 Å². The van der Waals surface area contributed by atoms with Gasteiger partial charge in [0.2, 0.25) is 0 Å². The first-order valence-corrected chi connectivity index (χ1v) is 10.7. The highest BCUT2D eigenvalue weighted by Gasteiger charge is 2.23. The summed E-state index contributed by atoms with van der Waals surface area (Å²) in [6, 6.07) is 6.67. The highest BCUT2D eigenvalue weighted by molar-refractivity contribution is 5.52. The normalized spacial score (nSPS) is 15.6. The summed E-state index contributed by atoms with van der Waals surface area (Å²) < 4.78 is 0. The second kappa shape index (κ2) is 10.5. The van der Waals surface area contributed by atoms with Gasteiger partial charge in [-0.1, -0.05) is 18.2 Å². The number of piperazine rings is 1. The van der Waals surface area contributed by atoms with Crippen molar-refractivity contribution < 1.29 is 10.0 Å². The zero-order valence-electron chi connectivity index (χ0n) is 18.3. The maximum Gasteiger partial charge on any atom is 0.269 e. The molecular weight excluding hydrogens is 394 g/mol. The van der Waals surface area contributed by atoms with Gasteiger partial charge >= 0.3 is 0 Å². The Labute approximate surface area is 183 Å². The average molecular weight is 426 g/mol. The van der Waals surface area contributed by atoms with Crippen LogP contribution in [0.25, 0.3) is 0 Å². The van der Waals surface area contributed by atoms with E-state index in [1.807, 2.05) is 19.9 Å². The lowest BCUT2D eigenvalue weighted by Crippen LogP contribution is -2.49. The molecule has 166 valence electrons. The van der Waals surface area contributed by atoms with E-state index >= 15 is 0 Å². The number of rotatable bonds is 9. The van der Waals surface area contributed by atoms with Gasteiger partial charge in [-0.3, -0.25) is 15.0 Å². The Morgan fingerprint density at radius 2 is 1.87 bits per heavy atom. The Kier molecular flexibility index (Phi) is 7.70. The summed E-state index contributed by atoms with van der Waals surface area (Å²) in [5.74, 6) is 1.68. The third-order valence-corrected chi connectivity index (χ3v) is 5.68. The number of allylic oxidation sites excluding steroid dienone is 1. The summed E-state index contributed by atoms with van der Waals surface area (Å²) in [5, 5.41) is 21.1. The number of nitrogens with zero attached hydrogens (tertiary/aromatic N) is 5. The Bertz CT molecular complexity index is 908. The number of benzene rings is 1. The molecule has 31 heavy (non-hydrogen) atoms. The molecule has 3 rings (SSSR count). The summed E-state index contributed by atoms with van der Waals surface area (Å²) in [6.07, 6.45) is 3.71. The van der Waals surface area contributed by atoms with Crippen molar-refractivity contribution in [3.05, 3.63) is 69.7 Å². The third-order valence-electron chi connectivity index (χ3n) is 5.68. The molecule has 0 amide bonds. The van der Waals surface area contributed by atoms with Crippen LogP contribution in [0.5, 0.6) is 0 Å². The minimum atomic E-state index is -0.386. The van der Waals surface area contributed by atoms with Crippen molar-refractivity contribution in [2.45, 2.75) is 39.2 Å². The molecule has 1 saturated heterocycles. The monoisotopic (exact) mass is 425 g/mol. The Balaban J connectivity index is 1.71. The fraction of sp³-hybridized carbons (Fsp3) is 0.478. The summed E-state index contributed by atoms with van der Waals surface area (Å²) in [4.78, 5) is 24.4. The number of nitro groups is 1. The lowest BCUT2D eigenvalue weighted by Gasteiger charge is -2.37. The fourth-order valence-corrected chi connectivity index (χ4v) is 3.97. The zero-order valence-corrected chi connectivity index (χ0v) is 18.3. The quantitative estimate of drug-likeness (QED) is 0.375. The summed E-state index contributed by atoms with van der Waals surface area (Å²) in [7, 11) is 0. The number of non-ortho nitro benzene ring substituents is 1. The van der Waals surface area contributed by atoms with E-state index in [0.717, 1.165) is 67.5 Å². The average Bonchev–Trinajstić information content (AvgIpc) is 2.75. The maximum absolute atomic E-state index is 10.9. The van der Waals surface area contributed by atoms with Crippen LogP contribution in [0.15, 0.2) is 36.9 Å². The Morgan fingerprint density at radius 3 is 2.48 bits per heavy atom. The minimum absolute atomic E-state index is 0.0900. The number of hydrogen-bond acceptors (Lipinski definition) is 7. The van der Waals surface area contributed by atoms with E-state index in [0.29, 0.717) is 13.0 Å². The van der Waals surface area contributed by atoms with Crippen LogP contribution in [0.1, 0.15) is 35.5 Å². The van der Waals surface area contributed by atoms with Crippen molar-refractivity contribution in [3.8, 4) is 0 Å². The van der Waals surface area contributed by atoms with E-state index in [9.17, 15) is 15.2 Å². The molecule has 1 aliphatic rings. The van der Waals surface area contributed by atoms with Crippen molar-refractivity contribution in [2.75, 3.05) is 37.6 Å². The molecule has 0 aliphatic carbocycles. The van der Waals surface area contributed by atoms with Crippen LogP contribution in [0.3, 0.4) is 0 Å². The topological polar surface area (TPSA) is 95.6 Å². The molecule has 0 spiro atoms. The summed E-state index contributed by atoms with van der Waals surface area (Å²) in [6.45, 7) is 11.7. The van der Waals surface area contributed by atoms with Crippen LogP contribution in [0.2, 0.25) is 0 Å². The van der Waals surface area contributed by atoms with E-state index < -0.39 is 0 Å². The Morgan fingerprint density at radius 1 is 1.19 bits per heavy atom. The number of hydrogen-bond donors (Lipinski definition) is 1. The maximum atomic E-state index is 10.9. The van der Waals surface area contributed by atoms with E-state index in [-0.39, 0.29) is 16.7 Å². The van der Waals surface area contributed by atoms with Crippen LogP contribution in [0, 0.1) is 24.0 Å². The van der Waals surface area contributed by atoms with Crippen LogP contribution >= 0.6 is 0 Å². The van der Waals surface area contributed by atoms with Crippen molar-refractivity contribution in [1.82, 2.24) is 14.9 Å². The van der Waals surface area contributed by atoms with Crippen molar-refractivity contribution in [1.29, 1.82) is 0 Å². The molecule has 2 aromatic rings. The predicted molar refractivity (Wildman–Crippen MR) is 121 cm³/mol. The van der Waals surface area contributed by atoms with E-state index in [1.54, 1.807) is 12.1 Å². The van der Waals surface area contributed by atoms with Gasteiger partial charge in [0, 0.05) is 62.5 Å². The number of aliphatic hydroxyl groups excluding tert-OH is 1. The van der Waals surface area contributed by atoms with Crippen LogP contribution in [-0.2, 0) is 6.42 Å². The van der Waals surface area contributed by atoms with Gasteiger partial charge in [0.25, 0.3) is 5.69 Å². The number of aryl methyl sites for hydroxylation is 2. The van der Waals surface area contributed by atoms with E-state index in [2.05, 4.69) is 21.4 Å². The minimum Gasteiger partial charge on any atom is -0.392 e. The van der Waals surface area contributed by atoms with Crippen LogP contribution in [0.4, 0.5) is 11.5 Å². The van der Waals surface area contributed by atoms with Crippen LogP contribution in [-0.4, -0.2) is 63.7 Å². The summed E-state index contributed by atoms with van der Waals surface area (Å²) in [5.41, 5.74) is 3.07. The van der Waals surface area contributed by atoms with Gasteiger partial charge in [0.15, 0.2) is 0 Å². The first-order valence-electron chi connectivity index (χ1n) is 10.7. The largest absolute Gasteiger partial charge is 0.392 e. The molecule has 1 fully saturated rings. The molecule has 1 aromatic carbocycles. The molecule has 2 heterocycles.